The van der Waals surface area contributed by atoms with Gasteiger partial charge in [-0.25, -0.2) is 14.6 Å². The minimum atomic E-state index is 0.715. The van der Waals surface area contributed by atoms with Crippen molar-refractivity contribution in [3.8, 4) is 0 Å². The Kier molecular flexibility index (Phi) is 4.08. The van der Waals surface area contributed by atoms with Gasteiger partial charge >= 0.3 is 0 Å². The van der Waals surface area contributed by atoms with Gasteiger partial charge in [-0.1, -0.05) is 6.07 Å². The van der Waals surface area contributed by atoms with Crippen molar-refractivity contribution < 1.29 is 0 Å². The Morgan fingerprint density at radius 3 is 2.92 bits per heavy atom. The van der Waals surface area contributed by atoms with E-state index in [0.717, 1.165) is 49.8 Å². The Balaban J connectivity index is 1.45. The van der Waals surface area contributed by atoms with Crippen molar-refractivity contribution in [2.24, 2.45) is 0 Å². The van der Waals surface area contributed by atoms with Crippen LogP contribution in [0, 0.1) is 6.92 Å². The molecule has 0 radical (unpaired) electrons. The highest BCUT2D eigenvalue weighted by Crippen LogP contribution is 2.14. The Morgan fingerprint density at radius 2 is 2.08 bits per heavy atom. The van der Waals surface area contributed by atoms with Crippen LogP contribution in [0.5, 0.6) is 0 Å². The quantitative estimate of drug-likeness (QED) is 0.724. The lowest BCUT2D eigenvalue weighted by Crippen LogP contribution is -2.27. The van der Waals surface area contributed by atoms with E-state index in [1.807, 2.05) is 23.9 Å². The zero-order valence-corrected chi connectivity index (χ0v) is 13.8. The Bertz CT molecular complexity index is 806. The second-order valence-corrected chi connectivity index (χ2v) is 6.21. The summed E-state index contributed by atoms with van der Waals surface area (Å²) in [7, 11) is 0. The molecule has 0 amide bonds. The molecule has 0 atom stereocenters. The molecule has 3 aromatic rings. The standard InChI is InChI=1S/C17H21N7/c1-14-3-2-4-15(21-14)10-22-6-5-17-19-9-16(24(17)8-7-22)11-23-13-18-12-20-23/h2-4,9,12-13H,5-8,10-11H2,1H3. The maximum atomic E-state index is 4.62. The Hall–Kier alpha value is -2.54. The van der Waals surface area contributed by atoms with Crippen molar-refractivity contribution in [2.45, 2.75) is 33.0 Å². The molecule has 7 heteroatoms. The van der Waals surface area contributed by atoms with Crippen LogP contribution in [-0.4, -0.2) is 47.3 Å². The predicted octanol–water partition coefficient (Wildman–Crippen LogP) is 1.28. The van der Waals surface area contributed by atoms with E-state index >= 15 is 0 Å². The fourth-order valence-electron chi connectivity index (χ4n) is 3.22. The number of hydrogen-bond donors (Lipinski definition) is 0. The fraction of sp³-hybridized carbons (Fsp3) is 0.412. The van der Waals surface area contributed by atoms with E-state index in [1.165, 1.54) is 5.69 Å². The third kappa shape index (κ3) is 3.21. The molecule has 1 aliphatic rings. The summed E-state index contributed by atoms with van der Waals surface area (Å²) >= 11 is 0. The highest BCUT2D eigenvalue weighted by atomic mass is 15.3. The first kappa shape index (κ1) is 15.0. The van der Waals surface area contributed by atoms with Crippen molar-refractivity contribution in [1.29, 1.82) is 0 Å². The van der Waals surface area contributed by atoms with Crippen molar-refractivity contribution in [2.75, 3.05) is 13.1 Å². The van der Waals surface area contributed by atoms with Gasteiger partial charge in [0.1, 0.15) is 18.5 Å². The number of aryl methyl sites for hydroxylation is 1. The minimum Gasteiger partial charge on any atom is -0.329 e. The number of pyridine rings is 1. The molecule has 7 nitrogen and oxygen atoms in total. The van der Waals surface area contributed by atoms with Crippen LogP contribution >= 0.6 is 0 Å². The molecular weight excluding hydrogens is 302 g/mol. The number of imidazole rings is 1. The first-order valence-electron chi connectivity index (χ1n) is 8.28. The normalized spacial score (nSPS) is 15.2. The zero-order chi connectivity index (χ0) is 16.4. The van der Waals surface area contributed by atoms with Crippen molar-refractivity contribution in [1.82, 2.24) is 34.2 Å². The maximum Gasteiger partial charge on any atom is 0.137 e. The van der Waals surface area contributed by atoms with E-state index in [-0.39, 0.29) is 0 Å². The number of nitrogens with zero attached hydrogens (tertiary/aromatic N) is 7. The summed E-state index contributed by atoms with van der Waals surface area (Å²) in [6.07, 6.45) is 6.24. The van der Waals surface area contributed by atoms with Crippen LogP contribution in [-0.2, 0) is 26.1 Å². The first-order valence-corrected chi connectivity index (χ1v) is 8.28. The molecule has 0 spiro atoms. The number of fused-ring (bicyclic) bond motifs is 1. The van der Waals surface area contributed by atoms with E-state index in [1.54, 1.807) is 12.7 Å². The van der Waals surface area contributed by atoms with Crippen LogP contribution in [0.3, 0.4) is 0 Å². The predicted molar refractivity (Wildman–Crippen MR) is 89.3 cm³/mol. The summed E-state index contributed by atoms with van der Waals surface area (Å²) in [6.45, 7) is 6.61. The lowest BCUT2D eigenvalue weighted by Gasteiger charge is -2.19. The Morgan fingerprint density at radius 1 is 1.12 bits per heavy atom. The van der Waals surface area contributed by atoms with Crippen molar-refractivity contribution >= 4 is 0 Å². The molecule has 124 valence electrons. The molecule has 0 aliphatic carbocycles. The summed E-state index contributed by atoms with van der Waals surface area (Å²) in [5, 5.41) is 4.19. The fourth-order valence-corrected chi connectivity index (χ4v) is 3.22. The van der Waals surface area contributed by atoms with Gasteiger partial charge in [-0.05, 0) is 19.1 Å². The molecule has 0 bridgehead atoms. The van der Waals surface area contributed by atoms with Crippen LogP contribution < -0.4 is 0 Å². The maximum absolute atomic E-state index is 4.62. The molecule has 0 N–H and O–H groups in total. The molecule has 0 saturated carbocycles. The van der Waals surface area contributed by atoms with E-state index in [2.05, 4.69) is 41.7 Å². The van der Waals surface area contributed by atoms with Gasteiger partial charge < -0.3 is 4.57 Å². The smallest absolute Gasteiger partial charge is 0.137 e. The summed E-state index contributed by atoms with van der Waals surface area (Å²) < 4.78 is 4.16. The average molecular weight is 323 g/mol. The van der Waals surface area contributed by atoms with E-state index < -0.39 is 0 Å². The number of hydrogen-bond acceptors (Lipinski definition) is 5. The molecular formula is C17H21N7. The Labute approximate surface area is 141 Å². The van der Waals surface area contributed by atoms with Gasteiger partial charge in [0.15, 0.2) is 0 Å². The van der Waals surface area contributed by atoms with Gasteiger partial charge in [0.25, 0.3) is 0 Å². The molecule has 24 heavy (non-hydrogen) atoms. The third-order valence-electron chi connectivity index (χ3n) is 4.43. The molecule has 4 rings (SSSR count). The number of rotatable bonds is 4. The molecule has 0 unspecified atom stereocenters. The van der Waals surface area contributed by atoms with E-state index in [0.29, 0.717) is 6.54 Å². The molecule has 0 fully saturated rings. The third-order valence-corrected chi connectivity index (χ3v) is 4.43. The molecule has 1 aliphatic heterocycles. The highest BCUT2D eigenvalue weighted by molar-refractivity contribution is 5.11. The summed E-state index contributed by atoms with van der Waals surface area (Å²) in [5.74, 6) is 1.16. The van der Waals surface area contributed by atoms with Crippen LogP contribution in [0.4, 0.5) is 0 Å². The van der Waals surface area contributed by atoms with Gasteiger partial charge in [-0.2, -0.15) is 5.10 Å². The summed E-state index contributed by atoms with van der Waals surface area (Å²) in [5.41, 5.74) is 3.40. The lowest BCUT2D eigenvalue weighted by atomic mass is 10.3. The number of aromatic nitrogens is 6. The molecule has 4 heterocycles. The van der Waals surface area contributed by atoms with Gasteiger partial charge in [0.05, 0.1) is 24.1 Å². The monoisotopic (exact) mass is 323 g/mol. The largest absolute Gasteiger partial charge is 0.329 e. The van der Waals surface area contributed by atoms with Gasteiger partial charge in [0, 0.05) is 38.3 Å². The molecule has 0 saturated heterocycles. The topological polar surface area (TPSA) is 64.7 Å². The zero-order valence-electron chi connectivity index (χ0n) is 13.8. The summed E-state index contributed by atoms with van der Waals surface area (Å²) in [4.78, 5) is 15.7. The highest BCUT2D eigenvalue weighted by Gasteiger charge is 2.18. The first-order chi connectivity index (χ1) is 11.8. The average Bonchev–Trinajstić information content (AvgIpc) is 3.16. The lowest BCUT2D eigenvalue weighted by molar-refractivity contribution is 0.267. The molecule has 3 aromatic heterocycles. The minimum absolute atomic E-state index is 0.715. The van der Waals surface area contributed by atoms with Gasteiger partial charge in [0.2, 0.25) is 0 Å². The van der Waals surface area contributed by atoms with Crippen LogP contribution in [0.2, 0.25) is 0 Å². The van der Waals surface area contributed by atoms with Crippen LogP contribution in [0.15, 0.2) is 37.1 Å². The second kappa shape index (κ2) is 6.52. The van der Waals surface area contributed by atoms with Crippen LogP contribution in [0.1, 0.15) is 22.9 Å². The van der Waals surface area contributed by atoms with E-state index in [4.69, 9.17) is 0 Å². The SMILES string of the molecule is Cc1cccc(CN2CCc3ncc(Cn4cncn4)n3CC2)n1. The van der Waals surface area contributed by atoms with Crippen LogP contribution in [0.25, 0.3) is 0 Å². The van der Waals surface area contributed by atoms with Crippen molar-refractivity contribution in [3.63, 3.8) is 0 Å². The van der Waals surface area contributed by atoms with Gasteiger partial charge in [-0.15, -0.1) is 0 Å². The van der Waals surface area contributed by atoms with Gasteiger partial charge in [-0.3, -0.25) is 9.88 Å². The second-order valence-electron chi connectivity index (χ2n) is 6.21. The summed E-state index contributed by atoms with van der Waals surface area (Å²) in [6, 6.07) is 6.22. The molecule has 0 aromatic carbocycles. The van der Waals surface area contributed by atoms with Crippen molar-refractivity contribution in [3.05, 3.63) is 60.0 Å². The van der Waals surface area contributed by atoms with E-state index in [9.17, 15) is 0 Å².